The van der Waals surface area contributed by atoms with Gasteiger partial charge in [-0.25, -0.2) is 16.8 Å². The van der Waals surface area contributed by atoms with Crippen molar-refractivity contribution in [2.45, 2.75) is 9.79 Å². The molecule has 0 N–H and O–H groups in total. The second kappa shape index (κ2) is 5.32. The van der Waals surface area contributed by atoms with Gasteiger partial charge in [0.1, 0.15) is 10.4 Å². The van der Waals surface area contributed by atoms with Crippen LogP contribution in [0.4, 0.5) is 0 Å². The molecule has 0 saturated heterocycles. The SMILES string of the molecule is O=S(=O)(CCl)c1ccc(Cl)c(S(=O)(=O)CCl)c1. The zero-order chi connectivity index (χ0) is 13.3. The Morgan fingerprint density at radius 1 is 0.941 bits per heavy atom. The molecule has 17 heavy (non-hydrogen) atoms. The van der Waals surface area contributed by atoms with Gasteiger partial charge < -0.3 is 0 Å². The summed E-state index contributed by atoms with van der Waals surface area (Å²) in [6.07, 6.45) is 0. The molecule has 1 aromatic rings. The predicted molar refractivity (Wildman–Crippen MR) is 67.3 cm³/mol. The summed E-state index contributed by atoms with van der Waals surface area (Å²) in [7, 11) is -7.50. The number of rotatable bonds is 4. The normalized spacial score (nSPS) is 12.6. The third-order valence-electron chi connectivity index (χ3n) is 1.88. The van der Waals surface area contributed by atoms with Gasteiger partial charge in [-0.1, -0.05) is 11.6 Å². The molecule has 0 radical (unpaired) electrons. The summed E-state index contributed by atoms with van der Waals surface area (Å²) in [6.45, 7) is 0. The van der Waals surface area contributed by atoms with E-state index in [1.807, 2.05) is 0 Å². The molecule has 0 aromatic heterocycles. The average molecular weight is 338 g/mol. The fraction of sp³-hybridized carbons (Fsp3) is 0.250. The minimum absolute atomic E-state index is 0.0841. The van der Waals surface area contributed by atoms with E-state index in [0.717, 1.165) is 6.07 Å². The molecule has 0 aliphatic heterocycles. The molecule has 0 aliphatic rings. The summed E-state index contributed by atoms with van der Waals surface area (Å²) < 4.78 is 46.0. The van der Waals surface area contributed by atoms with Gasteiger partial charge in [0.15, 0.2) is 19.7 Å². The van der Waals surface area contributed by atoms with Crippen LogP contribution in [0.3, 0.4) is 0 Å². The lowest BCUT2D eigenvalue weighted by atomic mass is 10.4. The van der Waals surface area contributed by atoms with Crippen molar-refractivity contribution in [1.29, 1.82) is 0 Å². The van der Waals surface area contributed by atoms with Crippen LogP contribution in [0.5, 0.6) is 0 Å². The second-order valence-electron chi connectivity index (χ2n) is 3.04. The Bertz CT molecular complexity index is 622. The lowest BCUT2D eigenvalue weighted by Crippen LogP contribution is -2.07. The highest BCUT2D eigenvalue weighted by molar-refractivity contribution is 7.93. The van der Waals surface area contributed by atoms with Crippen LogP contribution in [0.1, 0.15) is 0 Å². The molecule has 96 valence electrons. The van der Waals surface area contributed by atoms with Crippen LogP contribution in [0.25, 0.3) is 0 Å². The molecule has 0 atom stereocenters. The van der Waals surface area contributed by atoms with Crippen LogP contribution in [0, 0.1) is 0 Å². The number of sulfone groups is 2. The Morgan fingerprint density at radius 2 is 1.47 bits per heavy atom. The van der Waals surface area contributed by atoms with Crippen molar-refractivity contribution in [3.8, 4) is 0 Å². The molecule has 4 nitrogen and oxygen atoms in total. The minimum atomic E-state index is -3.79. The third-order valence-corrected chi connectivity index (χ3v) is 6.60. The highest BCUT2D eigenvalue weighted by Crippen LogP contribution is 2.26. The van der Waals surface area contributed by atoms with Crippen molar-refractivity contribution in [3.05, 3.63) is 23.2 Å². The van der Waals surface area contributed by atoms with E-state index in [0.29, 0.717) is 0 Å². The molecule has 0 fully saturated rings. The zero-order valence-electron chi connectivity index (χ0n) is 8.23. The molecule has 0 amide bonds. The number of hydrogen-bond acceptors (Lipinski definition) is 4. The standard InChI is InChI=1S/C8H7Cl3O4S2/c9-4-16(12,13)6-1-2-7(11)8(3-6)17(14,15)5-10/h1-3H,4-5H2. The second-order valence-corrected chi connectivity index (χ2v) is 8.56. The Balaban J connectivity index is 3.51. The first-order valence-electron chi connectivity index (χ1n) is 4.11. The fourth-order valence-electron chi connectivity index (χ4n) is 1.04. The maximum atomic E-state index is 11.5. The van der Waals surface area contributed by atoms with Crippen molar-refractivity contribution in [1.82, 2.24) is 0 Å². The molecule has 0 spiro atoms. The van der Waals surface area contributed by atoms with Gasteiger partial charge in [0.25, 0.3) is 0 Å². The van der Waals surface area contributed by atoms with Crippen molar-refractivity contribution < 1.29 is 16.8 Å². The molecule has 9 heteroatoms. The molecule has 1 rings (SSSR count). The van der Waals surface area contributed by atoms with Gasteiger partial charge in [0, 0.05) is 0 Å². The fourth-order valence-corrected chi connectivity index (χ4v) is 3.80. The first kappa shape index (κ1) is 15.0. The van der Waals surface area contributed by atoms with Crippen LogP contribution in [-0.4, -0.2) is 27.3 Å². The monoisotopic (exact) mass is 336 g/mol. The van der Waals surface area contributed by atoms with Gasteiger partial charge in [-0.2, -0.15) is 0 Å². The smallest absolute Gasteiger partial charge is 0.193 e. The Labute approximate surface area is 114 Å². The molecule has 0 bridgehead atoms. The van der Waals surface area contributed by atoms with Crippen LogP contribution in [0.2, 0.25) is 5.02 Å². The Morgan fingerprint density at radius 3 is 1.94 bits per heavy atom. The lowest BCUT2D eigenvalue weighted by molar-refractivity contribution is 0.598. The van der Waals surface area contributed by atoms with Gasteiger partial charge >= 0.3 is 0 Å². The quantitative estimate of drug-likeness (QED) is 0.790. The Kier molecular flexibility index (Phi) is 4.71. The van der Waals surface area contributed by atoms with Crippen molar-refractivity contribution in [2.75, 3.05) is 10.4 Å². The van der Waals surface area contributed by atoms with Crippen molar-refractivity contribution in [2.24, 2.45) is 0 Å². The summed E-state index contributed by atoms with van der Waals surface area (Å²) in [5.74, 6) is 0. The van der Waals surface area contributed by atoms with E-state index in [4.69, 9.17) is 34.8 Å². The number of alkyl halides is 2. The van der Waals surface area contributed by atoms with Crippen LogP contribution >= 0.6 is 34.8 Å². The Hall–Kier alpha value is -0.0100. The lowest BCUT2D eigenvalue weighted by Gasteiger charge is -2.06. The van der Waals surface area contributed by atoms with Gasteiger partial charge in [-0.3, -0.25) is 0 Å². The topological polar surface area (TPSA) is 68.3 Å². The first-order chi connectivity index (χ1) is 7.74. The van der Waals surface area contributed by atoms with Crippen LogP contribution < -0.4 is 0 Å². The molecular formula is C8H7Cl3O4S2. The summed E-state index contributed by atoms with van der Waals surface area (Å²) in [5, 5.41) is -1.41. The molecular weight excluding hydrogens is 331 g/mol. The largest absolute Gasteiger partial charge is 0.222 e. The molecule has 0 saturated carbocycles. The summed E-state index contributed by atoms with van der Waals surface area (Å²) in [6, 6.07) is 3.32. The highest BCUT2D eigenvalue weighted by atomic mass is 35.5. The van der Waals surface area contributed by atoms with Crippen molar-refractivity contribution >= 4 is 54.5 Å². The first-order valence-corrected chi connectivity index (χ1v) is 8.87. The maximum Gasteiger partial charge on any atom is 0.193 e. The van der Waals surface area contributed by atoms with E-state index in [1.165, 1.54) is 12.1 Å². The van der Waals surface area contributed by atoms with E-state index in [2.05, 4.69) is 0 Å². The summed E-state index contributed by atoms with van der Waals surface area (Å²) >= 11 is 16.2. The maximum absolute atomic E-state index is 11.5. The van der Waals surface area contributed by atoms with Gasteiger partial charge in [-0.15, -0.1) is 23.2 Å². The molecule has 0 heterocycles. The number of benzene rings is 1. The predicted octanol–water partition coefficient (Wildman–Crippen LogP) is 2.28. The minimum Gasteiger partial charge on any atom is -0.222 e. The molecule has 1 aromatic carbocycles. The van der Waals surface area contributed by atoms with Gasteiger partial charge in [0.2, 0.25) is 0 Å². The van der Waals surface area contributed by atoms with E-state index in [1.54, 1.807) is 0 Å². The molecule has 0 aliphatic carbocycles. The summed E-state index contributed by atoms with van der Waals surface area (Å²) in [4.78, 5) is -0.527. The third kappa shape index (κ3) is 3.26. The number of hydrogen-bond donors (Lipinski definition) is 0. The van der Waals surface area contributed by atoms with E-state index >= 15 is 0 Å². The molecule has 0 unspecified atom stereocenters. The van der Waals surface area contributed by atoms with Crippen LogP contribution in [-0.2, 0) is 19.7 Å². The number of halogens is 3. The zero-order valence-corrected chi connectivity index (χ0v) is 12.1. The van der Waals surface area contributed by atoms with E-state index in [9.17, 15) is 16.8 Å². The van der Waals surface area contributed by atoms with E-state index < -0.39 is 30.1 Å². The van der Waals surface area contributed by atoms with Crippen molar-refractivity contribution in [3.63, 3.8) is 0 Å². The van der Waals surface area contributed by atoms with Gasteiger partial charge in [0.05, 0.1) is 14.8 Å². The highest BCUT2D eigenvalue weighted by Gasteiger charge is 2.21. The average Bonchev–Trinajstić information content (AvgIpc) is 2.29. The van der Waals surface area contributed by atoms with Gasteiger partial charge in [-0.05, 0) is 18.2 Å². The summed E-state index contributed by atoms with van der Waals surface area (Å²) in [5.41, 5.74) is 0. The van der Waals surface area contributed by atoms with E-state index in [-0.39, 0.29) is 14.8 Å². The van der Waals surface area contributed by atoms with Crippen LogP contribution in [0.15, 0.2) is 28.0 Å².